The lowest BCUT2D eigenvalue weighted by atomic mass is 9.85. The largest absolute Gasteiger partial charge is 0.352 e. The zero-order valence-corrected chi connectivity index (χ0v) is 14.9. The van der Waals surface area contributed by atoms with Crippen LogP contribution in [0, 0.1) is 11.8 Å². The van der Waals surface area contributed by atoms with E-state index in [9.17, 15) is 9.59 Å². The third-order valence-electron chi connectivity index (χ3n) is 5.44. The van der Waals surface area contributed by atoms with Gasteiger partial charge in [0.2, 0.25) is 11.8 Å². The third-order valence-corrected chi connectivity index (χ3v) is 5.44. The highest BCUT2D eigenvalue weighted by Gasteiger charge is 2.37. The van der Waals surface area contributed by atoms with Gasteiger partial charge in [0, 0.05) is 19.0 Å². The molecule has 2 aliphatic heterocycles. The van der Waals surface area contributed by atoms with Crippen LogP contribution < -0.4 is 10.6 Å². The Morgan fingerprint density at radius 3 is 2.65 bits per heavy atom. The van der Waals surface area contributed by atoms with Crippen molar-refractivity contribution in [1.82, 2.24) is 15.5 Å². The lowest BCUT2D eigenvalue weighted by molar-refractivity contribution is -0.139. The van der Waals surface area contributed by atoms with Gasteiger partial charge in [-0.15, -0.1) is 12.4 Å². The predicted molar refractivity (Wildman–Crippen MR) is 92.5 cm³/mol. The summed E-state index contributed by atoms with van der Waals surface area (Å²) in [6, 6.07) is 0.155. The monoisotopic (exact) mass is 343 g/mol. The standard InChI is InChI=1S/C17H29N3O2.ClH/c1-12(13-4-2-8-18-11-13)10-16(21)20-9-3-5-15(20)17(22)19-14-6-7-14;/h12-15,18H,2-11H2,1H3,(H,19,22);1H. The summed E-state index contributed by atoms with van der Waals surface area (Å²) in [6.07, 6.45) is 6.97. The first kappa shape index (κ1) is 18.5. The van der Waals surface area contributed by atoms with Crippen molar-refractivity contribution in [3.05, 3.63) is 0 Å². The highest BCUT2D eigenvalue weighted by atomic mass is 35.5. The minimum absolute atomic E-state index is 0. The van der Waals surface area contributed by atoms with Gasteiger partial charge in [-0.25, -0.2) is 0 Å². The number of carbonyl (C=O) groups is 2. The molecule has 3 atom stereocenters. The molecule has 3 fully saturated rings. The van der Waals surface area contributed by atoms with Crippen LogP contribution in [0.15, 0.2) is 0 Å². The normalized spacial score (nSPS) is 28.8. The molecule has 2 heterocycles. The van der Waals surface area contributed by atoms with Crippen LogP contribution in [0.25, 0.3) is 0 Å². The van der Waals surface area contributed by atoms with E-state index in [1.54, 1.807) is 0 Å². The van der Waals surface area contributed by atoms with Crippen LogP contribution in [0.1, 0.15) is 51.9 Å². The molecule has 0 aromatic heterocycles. The van der Waals surface area contributed by atoms with Gasteiger partial charge >= 0.3 is 0 Å². The molecule has 0 radical (unpaired) electrons. The number of nitrogens with one attached hydrogen (secondary N) is 2. The molecule has 3 unspecified atom stereocenters. The quantitative estimate of drug-likeness (QED) is 0.798. The number of hydrogen-bond donors (Lipinski definition) is 2. The summed E-state index contributed by atoms with van der Waals surface area (Å²) in [5.74, 6) is 1.24. The zero-order valence-electron chi connectivity index (χ0n) is 14.1. The molecule has 0 spiro atoms. The summed E-state index contributed by atoms with van der Waals surface area (Å²) in [7, 11) is 0. The highest BCUT2D eigenvalue weighted by molar-refractivity contribution is 5.88. The van der Waals surface area contributed by atoms with Crippen molar-refractivity contribution < 1.29 is 9.59 Å². The Labute approximate surface area is 145 Å². The lowest BCUT2D eigenvalue weighted by Crippen LogP contribution is -2.47. The molecule has 2 amide bonds. The summed E-state index contributed by atoms with van der Waals surface area (Å²) < 4.78 is 0. The smallest absolute Gasteiger partial charge is 0.243 e. The number of nitrogens with zero attached hydrogens (tertiary/aromatic N) is 1. The number of carbonyl (C=O) groups excluding carboxylic acids is 2. The Morgan fingerprint density at radius 1 is 1.22 bits per heavy atom. The molecule has 3 rings (SSSR count). The van der Waals surface area contributed by atoms with Gasteiger partial charge < -0.3 is 15.5 Å². The van der Waals surface area contributed by atoms with E-state index in [-0.39, 0.29) is 30.3 Å². The first-order valence-electron chi connectivity index (χ1n) is 8.95. The van der Waals surface area contributed by atoms with Crippen LogP contribution in [0.4, 0.5) is 0 Å². The Bertz CT molecular complexity index is 422. The summed E-state index contributed by atoms with van der Waals surface area (Å²) in [5, 5.41) is 6.48. The van der Waals surface area contributed by atoms with E-state index in [4.69, 9.17) is 0 Å². The minimum Gasteiger partial charge on any atom is -0.352 e. The van der Waals surface area contributed by atoms with Crippen LogP contribution in [0.3, 0.4) is 0 Å². The van der Waals surface area contributed by atoms with Crippen LogP contribution in [0.2, 0.25) is 0 Å². The Balaban J connectivity index is 0.00000192. The molecule has 0 aromatic rings. The van der Waals surface area contributed by atoms with E-state index in [1.165, 1.54) is 12.8 Å². The van der Waals surface area contributed by atoms with Gasteiger partial charge in [-0.1, -0.05) is 6.92 Å². The van der Waals surface area contributed by atoms with Crippen molar-refractivity contribution in [2.75, 3.05) is 19.6 Å². The average molecular weight is 344 g/mol. The molecule has 2 saturated heterocycles. The molecule has 23 heavy (non-hydrogen) atoms. The second-order valence-electron chi connectivity index (χ2n) is 7.32. The van der Waals surface area contributed by atoms with E-state index in [0.717, 1.165) is 45.3 Å². The van der Waals surface area contributed by atoms with Gasteiger partial charge in [0.25, 0.3) is 0 Å². The Kier molecular flexibility index (Phi) is 6.72. The fourth-order valence-electron chi connectivity index (χ4n) is 3.79. The van der Waals surface area contributed by atoms with Crippen molar-refractivity contribution in [2.24, 2.45) is 11.8 Å². The first-order valence-corrected chi connectivity index (χ1v) is 8.95. The molecule has 2 N–H and O–H groups in total. The maximum atomic E-state index is 12.6. The van der Waals surface area contributed by atoms with Gasteiger partial charge in [0.15, 0.2) is 0 Å². The zero-order chi connectivity index (χ0) is 15.5. The first-order chi connectivity index (χ1) is 10.6. The van der Waals surface area contributed by atoms with E-state index in [2.05, 4.69) is 17.6 Å². The number of piperidine rings is 1. The predicted octanol–water partition coefficient (Wildman–Crippen LogP) is 1.70. The Morgan fingerprint density at radius 2 is 2.00 bits per heavy atom. The number of halogens is 1. The highest BCUT2D eigenvalue weighted by Crippen LogP contribution is 2.26. The molecule has 0 aromatic carbocycles. The molecule has 5 nitrogen and oxygen atoms in total. The SMILES string of the molecule is CC(CC(=O)N1CCCC1C(=O)NC1CC1)C1CCCNC1.Cl. The second kappa shape index (κ2) is 8.34. The van der Waals surface area contributed by atoms with Crippen LogP contribution in [0.5, 0.6) is 0 Å². The number of rotatable bonds is 5. The third kappa shape index (κ3) is 4.83. The van der Waals surface area contributed by atoms with E-state index in [0.29, 0.717) is 24.3 Å². The van der Waals surface area contributed by atoms with Crippen LogP contribution >= 0.6 is 12.4 Å². The summed E-state index contributed by atoms with van der Waals surface area (Å²) >= 11 is 0. The molecule has 0 bridgehead atoms. The van der Waals surface area contributed by atoms with Crippen molar-refractivity contribution in [3.63, 3.8) is 0 Å². The maximum Gasteiger partial charge on any atom is 0.243 e. The van der Waals surface area contributed by atoms with Gasteiger partial charge in [0.05, 0.1) is 0 Å². The molecule has 1 saturated carbocycles. The molecule has 6 heteroatoms. The molecule has 132 valence electrons. The van der Waals surface area contributed by atoms with E-state index >= 15 is 0 Å². The summed E-state index contributed by atoms with van der Waals surface area (Å²) in [4.78, 5) is 26.8. The van der Waals surface area contributed by atoms with Gasteiger partial charge in [-0.3, -0.25) is 9.59 Å². The van der Waals surface area contributed by atoms with E-state index in [1.807, 2.05) is 4.90 Å². The van der Waals surface area contributed by atoms with Gasteiger partial charge in [0.1, 0.15) is 6.04 Å². The molecule has 1 aliphatic carbocycles. The number of likely N-dealkylation sites (tertiary alicyclic amines) is 1. The molecular formula is C17H30ClN3O2. The second-order valence-corrected chi connectivity index (χ2v) is 7.32. The lowest BCUT2D eigenvalue weighted by Gasteiger charge is -2.30. The summed E-state index contributed by atoms with van der Waals surface area (Å²) in [6.45, 7) is 5.06. The Hall–Kier alpha value is -0.810. The fraction of sp³-hybridized carbons (Fsp3) is 0.882. The molecular weight excluding hydrogens is 314 g/mol. The average Bonchev–Trinajstić information content (AvgIpc) is 3.19. The van der Waals surface area contributed by atoms with Crippen molar-refractivity contribution >= 4 is 24.2 Å². The number of hydrogen-bond acceptors (Lipinski definition) is 3. The topological polar surface area (TPSA) is 61.4 Å². The maximum absolute atomic E-state index is 12.6. The van der Waals surface area contributed by atoms with Crippen molar-refractivity contribution in [1.29, 1.82) is 0 Å². The van der Waals surface area contributed by atoms with Crippen molar-refractivity contribution in [2.45, 2.75) is 64.0 Å². The van der Waals surface area contributed by atoms with Gasteiger partial charge in [-0.2, -0.15) is 0 Å². The summed E-state index contributed by atoms with van der Waals surface area (Å²) in [5.41, 5.74) is 0. The van der Waals surface area contributed by atoms with Crippen LogP contribution in [-0.4, -0.2) is 48.4 Å². The molecule has 3 aliphatic rings. The van der Waals surface area contributed by atoms with Crippen molar-refractivity contribution in [3.8, 4) is 0 Å². The fourth-order valence-corrected chi connectivity index (χ4v) is 3.79. The van der Waals surface area contributed by atoms with E-state index < -0.39 is 0 Å². The number of amides is 2. The van der Waals surface area contributed by atoms with Crippen LogP contribution in [-0.2, 0) is 9.59 Å². The van der Waals surface area contributed by atoms with Gasteiger partial charge in [-0.05, 0) is 63.5 Å². The minimum atomic E-state index is -0.218.